The number of nitrogens with one attached hydrogen (secondary N) is 1. The van der Waals surface area contributed by atoms with Gasteiger partial charge >= 0.3 is 0 Å². The van der Waals surface area contributed by atoms with Gasteiger partial charge < -0.3 is 21.0 Å². The molecule has 1 aliphatic rings. The molecule has 6 heteroatoms. The molecule has 0 aromatic rings. The van der Waals surface area contributed by atoms with Gasteiger partial charge in [-0.3, -0.25) is 4.79 Å². The van der Waals surface area contributed by atoms with E-state index in [1.54, 1.807) is 0 Å². The van der Waals surface area contributed by atoms with Crippen LogP contribution in [0.1, 0.15) is 33.1 Å². The highest BCUT2D eigenvalue weighted by atomic mass is 16.5. The second kappa shape index (κ2) is 7.20. The van der Waals surface area contributed by atoms with Crippen molar-refractivity contribution in [3.8, 4) is 0 Å². The summed E-state index contributed by atoms with van der Waals surface area (Å²) in [7, 11) is 0. The lowest BCUT2D eigenvalue weighted by atomic mass is 9.97. The summed E-state index contributed by atoms with van der Waals surface area (Å²) in [6, 6.07) is 0.0471. The van der Waals surface area contributed by atoms with Gasteiger partial charge in [-0.2, -0.15) is 0 Å². The monoisotopic (exact) mass is 257 g/mol. The Labute approximate surface area is 108 Å². The molecule has 3 atom stereocenters. The number of amides is 1. The maximum absolute atomic E-state index is 12.1. The standard InChI is InChI=1S/C12H23N3O3/c1-3-4-10(11(13)15-17)12(16)14-8(2)9-5-6-18-7-9/h8-10,17H,3-7H2,1-2H3,(H2,13,15)(H,14,16). The molecule has 104 valence electrons. The fourth-order valence-electron chi connectivity index (χ4n) is 2.16. The Bertz CT molecular complexity index is 301. The highest BCUT2D eigenvalue weighted by Crippen LogP contribution is 2.17. The van der Waals surface area contributed by atoms with Gasteiger partial charge in [0.05, 0.1) is 12.5 Å². The maximum atomic E-state index is 12.1. The third-order valence-corrected chi connectivity index (χ3v) is 3.41. The second-order valence-electron chi connectivity index (χ2n) is 4.79. The molecule has 4 N–H and O–H groups in total. The van der Waals surface area contributed by atoms with E-state index in [2.05, 4.69) is 10.5 Å². The van der Waals surface area contributed by atoms with Gasteiger partial charge in [0.15, 0.2) is 5.84 Å². The van der Waals surface area contributed by atoms with Crippen molar-refractivity contribution < 1.29 is 14.7 Å². The normalized spacial score (nSPS) is 23.7. The van der Waals surface area contributed by atoms with Crippen LogP contribution >= 0.6 is 0 Å². The summed E-state index contributed by atoms with van der Waals surface area (Å²) in [4.78, 5) is 12.1. The van der Waals surface area contributed by atoms with Crippen molar-refractivity contribution >= 4 is 11.7 Å². The lowest BCUT2D eigenvalue weighted by Crippen LogP contribution is -2.45. The SMILES string of the molecule is CCCC(C(=O)NC(C)C1CCOC1)C(N)=NO. The predicted molar refractivity (Wildman–Crippen MR) is 68.3 cm³/mol. The van der Waals surface area contributed by atoms with Crippen molar-refractivity contribution in [2.75, 3.05) is 13.2 Å². The quantitative estimate of drug-likeness (QED) is 0.282. The van der Waals surface area contributed by atoms with Crippen molar-refractivity contribution in [3.05, 3.63) is 0 Å². The van der Waals surface area contributed by atoms with Crippen LogP contribution in [-0.2, 0) is 9.53 Å². The van der Waals surface area contributed by atoms with Gasteiger partial charge in [0.2, 0.25) is 5.91 Å². The molecule has 0 spiro atoms. The van der Waals surface area contributed by atoms with Crippen LogP contribution < -0.4 is 11.1 Å². The van der Waals surface area contributed by atoms with Crippen LogP contribution in [0.2, 0.25) is 0 Å². The van der Waals surface area contributed by atoms with E-state index in [-0.39, 0.29) is 17.8 Å². The molecular weight excluding hydrogens is 234 g/mol. The predicted octanol–water partition coefficient (Wildman–Crippen LogP) is 0.690. The molecule has 1 amide bonds. The minimum Gasteiger partial charge on any atom is -0.409 e. The lowest BCUT2D eigenvalue weighted by molar-refractivity contribution is -0.124. The average Bonchev–Trinajstić information content (AvgIpc) is 2.88. The van der Waals surface area contributed by atoms with Crippen molar-refractivity contribution in [1.82, 2.24) is 5.32 Å². The summed E-state index contributed by atoms with van der Waals surface area (Å²) in [5, 5.41) is 14.6. The molecule has 0 aliphatic carbocycles. The van der Waals surface area contributed by atoms with E-state index < -0.39 is 5.92 Å². The van der Waals surface area contributed by atoms with Gasteiger partial charge in [-0.1, -0.05) is 18.5 Å². The van der Waals surface area contributed by atoms with Gasteiger partial charge in [-0.15, -0.1) is 0 Å². The number of carbonyl (C=O) groups is 1. The van der Waals surface area contributed by atoms with Crippen molar-refractivity contribution in [1.29, 1.82) is 0 Å². The van der Waals surface area contributed by atoms with Crippen LogP contribution in [0.3, 0.4) is 0 Å². The lowest BCUT2D eigenvalue weighted by Gasteiger charge is -2.22. The zero-order valence-electron chi connectivity index (χ0n) is 11.1. The molecule has 6 nitrogen and oxygen atoms in total. The summed E-state index contributed by atoms with van der Waals surface area (Å²) in [5.41, 5.74) is 5.55. The number of amidine groups is 1. The van der Waals surface area contributed by atoms with E-state index in [0.29, 0.717) is 18.9 Å². The van der Waals surface area contributed by atoms with Gasteiger partial charge in [0.25, 0.3) is 0 Å². The summed E-state index contributed by atoms with van der Waals surface area (Å²) in [6.07, 6.45) is 2.34. The summed E-state index contributed by atoms with van der Waals surface area (Å²) in [6.45, 7) is 5.36. The number of carbonyl (C=O) groups excluding carboxylic acids is 1. The van der Waals surface area contributed by atoms with Crippen LogP contribution in [0.4, 0.5) is 0 Å². The number of ether oxygens (including phenoxy) is 1. The molecule has 1 heterocycles. The van der Waals surface area contributed by atoms with E-state index in [1.165, 1.54) is 0 Å². The molecule has 3 unspecified atom stereocenters. The number of rotatable bonds is 6. The Morgan fingerprint density at radius 1 is 1.67 bits per heavy atom. The average molecular weight is 257 g/mol. The second-order valence-corrected chi connectivity index (χ2v) is 4.79. The largest absolute Gasteiger partial charge is 0.409 e. The topological polar surface area (TPSA) is 96.9 Å². The van der Waals surface area contributed by atoms with Gasteiger partial charge in [-0.25, -0.2) is 0 Å². The molecule has 0 radical (unpaired) electrons. The molecule has 1 aliphatic heterocycles. The Morgan fingerprint density at radius 2 is 2.39 bits per heavy atom. The smallest absolute Gasteiger partial charge is 0.231 e. The molecule has 0 aromatic carbocycles. The summed E-state index contributed by atoms with van der Waals surface area (Å²) < 4.78 is 5.30. The Morgan fingerprint density at radius 3 is 2.89 bits per heavy atom. The molecule has 0 saturated carbocycles. The first-order valence-corrected chi connectivity index (χ1v) is 6.45. The molecule has 1 rings (SSSR count). The number of oxime groups is 1. The van der Waals surface area contributed by atoms with Crippen LogP contribution in [0.25, 0.3) is 0 Å². The minimum absolute atomic E-state index is 0.0239. The Balaban J connectivity index is 2.54. The fourth-order valence-corrected chi connectivity index (χ4v) is 2.16. The van der Waals surface area contributed by atoms with Crippen molar-refractivity contribution in [2.45, 2.75) is 39.2 Å². The first-order valence-electron chi connectivity index (χ1n) is 6.45. The fraction of sp³-hybridized carbons (Fsp3) is 0.833. The summed E-state index contributed by atoms with van der Waals surface area (Å²) >= 11 is 0. The number of hydrogen-bond acceptors (Lipinski definition) is 4. The van der Waals surface area contributed by atoms with Crippen molar-refractivity contribution in [2.24, 2.45) is 22.7 Å². The van der Waals surface area contributed by atoms with Gasteiger partial charge in [0.1, 0.15) is 0 Å². The molecule has 0 aromatic heterocycles. The Hall–Kier alpha value is -1.30. The third-order valence-electron chi connectivity index (χ3n) is 3.41. The van der Waals surface area contributed by atoms with Crippen LogP contribution in [0.15, 0.2) is 5.16 Å². The first-order chi connectivity index (χ1) is 8.60. The van der Waals surface area contributed by atoms with Crippen LogP contribution in [-0.4, -0.2) is 36.2 Å². The van der Waals surface area contributed by atoms with Crippen LogP contribution in [0.5, 0.6) is 0 Å². The summed E-state index contributed by atoms with van der Waals surface area (Å²) in [5.74, 6) is -0.399. The minimum atomic E-state index is -0.551. The third kappa shape index (κ3) is 3.87. The van der Waals surface area contributed by atoms with Crippen LogP contribution in [0, 0.1) is 11.8 Å². The van der Waals surface area contributed by atoms with E-state index in [4.69, 9.17) is 15.7 Å². The van der Waals surface area contributed by atoms with E-state index in [0.717, 1.165) is 19.4 Å². The maximum Gasteiger partial charge on any atom is 0.231 e. The van der Waals surface area contributed by atoms with E-state index in [1.807, 2.05) is 13.8 Å². The first kappa shape index (κ1) is 14.8. The molecule has 0 bridgehead atoms. The van der Waals surface area contributed by atoms with Gasteiger partial charge in [-0.05, 0) is 19.8 Å². The molecule has 1 fully saturated rings. The zero-order chi connectivity index (χ0) is 13.5. The number of nitrogens with two attached hydrogens (primary N) is 1. The zero-order valence-corrected chi connectivity index (χ0v) is 11.1. The van der Waals surface area contributed by atoms with E-state index in [9.17, 15) is 4.79 Å². The van der Waals surface area contributed by atoms with Gasteiger partial charge in [0, 0.05) is 18.6 Å². The highest BCUT2D eigenvalue weighted by Gasteiger charge is 2.28. The Kier molecular flexibility index (Phi) is 5.91. The van der Waals surface area contributed by atoms with Crippen molar-refractivity contribution in [3.63, 3.8) is 0 Å². The number of hydrogen-bond donors (Lipinski definition) is 3. The van der Waals surface area contributed by atoms with E-state index >= 15 is 0 Å². The number of nitrogens with zero attached hydrogens (tertiary/aromatic N) is 1. The molecular formula is C12H23N3O3. The highest BCUT2D eigenvalue weighted by molar-refractivity contribution is 6.02. The molecule has 18 heavy (non-hydrogen) atoms. The molecule has 1 saturated heterocycles.